The Morgan fingerprint density at radius 3 is 2.80 bits per heavy atom. The van der Waals surface area contributed by atoms with Crippen molar-refractivity contribution in [3.63, 3.8) is 0 Å². The van der Waals surface area contributed by atoms with Crippen molar-refractivity contribution >= 4 is 5.97 Å². The third-order valence-electron chi connectivity index (χ3n) is 2.79. The molecule has 0 radical (unpaired) electrons. The molecule has 2 rings (SSSR count). The Hall–Kier alpha value is -2.43. The van der Waals surface area contributed by atoms with Crippen molar-refractivity contribution < 1.29 is 18.7 Å². The van der Waals surface area contributed by atoms with Gasteiger partial charge in [-0.05, 0) is 36.8 Å². The monoisotopic (exact) mass is 275 g/mol. The van der Waals surface area contributed by atoms with Crippen LogP contribution in [-0.2, 0) is 11.3 Å². The number of aromatic nitrogens is 1. The molecule has 0 spiro atoms. The van der Waals surface area contributed by atoms with Gasteiger partial charge in [0.15, 0.2) is 0 Å². The van der Waals surface area contributed by atoms with E-state index in [1.54, 1.807) is 24.4 Å². The minimum Gasteiger partial charge on any atom is -0.487 e. The SMILES string of the molecule is COC(=O)c1ccc(COc2cccnc2C)cc1F. The van der Waals surface area contributed by atoms with Gasteiger partial charge in [-0.25, -0.2) is 9.18 Å². The maximum absolute atomic E-state index is 13.7. The fourth-order valence-electron chi connectivity index (χ4n) is 1.71. The average Bonchev–Trinajstić information content (AvgIpc) is 2.46. The van der Waals surface area contributed by atoms with E-state index < -0.39 is 11.8 Å². The molecule has 0 saturated carbocycles. The fraction of sp³-hybridized carbons (Fsp3) is 0.200. The lowest BCUT2D eigenvalue weighted by atomic mass is 10.1. The van der Waals surface area contributed by atoms with Gasteiger partial charge in [-0.1, -0.05) is 6.07 Å². The molecule has 0 atom stereocenters. The van der Waals surface area contributed by atoms with Crippen molar-refractivity contribution in [1.82, 2.24) is 4.98 Å². The van der Waals surface area contributed by atoms with Gasteiger partial charge in [0.1, 0.15) is 18.2 Å². The summed E-state index contributed by atoms with van der Waals surface area (Å²) >= 11 is 0. The lowest BCUT2D eigenvalue weighted by Gasteiger charge is -2.09. The van der Waals surface area contributed by atoms with Crippen molar-refractivity contribution in [3.05, 3.63) is 59.2 Å². The highest BCUT2D eigenvalue weighted by molar-refractivity contribution is 5.89. The van der Waals surface area contributed by atoms with Crippen LogP contribution in [-0.4, -0.2) is 18.1 Å². The number of ether oxygens (including phenoxy) is 2. The summed E-state index contributed by atoms with van der Waals surface area (Å²) in [6, 6.07) is 7.83. The number of rotatable bonds is 4. The zero-order valence-corrected chi connectivity index (χ0v) is 11.2. The molecule has 5 heteroatoms. The van der Waals surface area contributed by atoms with Gasteiger partial charge < -0.3 is 9.47 Å². The summed E-state index contributed by atoms with van der Waals surface area (Å²) in [6.07, 6.45) is 1.67. The summed E-state index contributed by atoms with van der Waals surface area (Å²) in [4.78, 5) is 15.4. The van der Waals surface area contributed by atoms with Crippen molar-refractivity contribution in [1.29, 1.82) is 0 Å². The number of pyridine rings is 1. The van der Waals surface area contributed by atoms with Gasteiger partial charge in [-0.2, -0.15) is 0 Å². The predicted molar refractivity (Wildman–Crippen MR) is 71.0 cm³/mol. The lowest BCUT2D eigenvalue weighted by Crippen LogP contribution is -2.06. The summed E-state index contributed by atoms with van der Waals surface area (Å²) in [7, 11) is 1.21. The first-order chi connectivity index (χ1) is 9.61. The second kappa shape index (κ2) is 6.14. The third-order valence-corrected chi connectivity index (χ3v) is 2.79. The molecule has 0 saturated heterocycles. The number of esters is 1. The minimum atomic E-state index is -0.696. The number of carbonyl (C=O) groups excluding carboxylic acids is 1. The zero-order valence-electron chi connectivity index (χ0n) is 11.2. The van der Waals surface area contributed by atoms with E-state index >= 15 is 0 Å². The Morgan fingerprint density at radius 2 is 2.15 bits per heavy atom. The summed E-state index contributed by atoms with van der Waals surface area (Å²) in [6.45, 7) is 2.03. The molecule has 0 fully saturated rings. The van der Waals surface area contributed by atoms with E-state index in [9.17, 15) is 9.18 Å². The number of methoxy groups -OCH3 is 1. The molecule has 1 heterocycles. The van der Waals surface area contributed by atoms with Gasteiger partial charge in [0.05, 0.1) is 18.4 Å². The smallest absolute Gasteiger partial charge is 0.340 e. The van der Waals surface area contributed by atoms with Crippen molar-refractivity contribution in [3.8, 4) is 5.75 Å². The molecule has 0 bridgehead atoms. The molecule has 20 heavy (non-hydrogen) atoms. The normalized spacial score (nSPS) is 10.2. The van der Waals surface area contributed by atoms with Crippen molar-refractivity contribution in [2.24, 2.45) is 0 Å². The molecule has 4 nitrogen and oxygen atoms in total. The minimum absolute atomic E-state index is 0.0891. The Bertz CT molecular complexity index is 628. The van der Waals surface area contributed by atoms with Crippen LogP contribution in [0.3, 0.4) is 0 Å². The molecule has 104 valence electrons. The van der Waals surface area contributed by atoms with Gasteiger partial charge in [0.2, 0.25) is 0 Å². The number of hydrogen-bond donors (Lipinski definition) is 0. The van der Waals surface area contributed by atoms with E-state index in [4.69, 9.17) is 4.74 Å². The van der Waals surface area contributed by atoms with Crippen LogP contribution in [0.25, 0.3) is 0 Å². The van der Waals surface area contributed by atoms with Crippen molar-refractivity contribution in [2.75, 3.05) is 7.11 Å². The molecule has 0 unspecified atom stereocenters. The van der Waals surface area contributed by atoms with E-state index in [-0.39, 0.29) is 12.2 Å². The Balaban J connectivity index is 2.10. The second-order valence-electron chi connectivity index (χ2n) is 4.18. The first-order valence-corrected chi connectivity index (χ1v) is 6.03. The number of hydrogen-bond acceptors (Lipinski definition) is 4. The van der Waals surface area contributed by atoms with Crippen LogP contribution >= 0.6 is 0 Å². The largest absolute Gasteiger partial charge is 0.487 e. The molecule has 0 N–H and O–H groups in total. The van der Waals surface area contributed by atoms with Gasteiger partial charge in [-0.3, -0.25) is 4.98 Å². The number of carbonyl (C=O) groups is 1. The van der Waals surface area contributed by atoms with E-state index in [1.165, 1.54) is 19.2 Å². The first-order valence-electron chi connectivity index (χ1n) is 6.03. The number of benzene rings is 1. The summed E-state index contributed by atoms with van der Waals surface area (Å²) < 4.78 is 23.8. The number of nitrogens with zero attached hydrogens (tertiary/aromatic N) is 1. The highest BCUT2D eigenvalue weighted by atomic mass is 19.1. The van der Waals surface area contributed by atoms with Gasteiger partial charge in [0, 0.05) is 6.20 Å². The molecule has 1 aromatic carbocycles. The van der Waals surface area contributed by atoms with E-state index in [2.05, 4.69) is 9.72 Å². The highest BCUT2D eigenvalue weighted by Crippen LogP contribution is 2.17. The van der Waals surface area contributed by atoms with Crippen LogP contribution in [0.4, 0.5) is 4.39 Å². The molecule has 2 aromatic rings. The van der Waals surface area contributed by atoms with Gasteiger partial charge in [-0.15, -0.1) is 0 Å². The Kier molecular flexibility index (Phi) is 4.30. The maximum atomic E-state index is 13.7. The predicted octanol–water partition coefficient (Wildman–Crippen LogP) is 2.89. The van der Waals surface area contributed by atoms with Crippen LogP contribution in [0, 0.1) is 12.7 Å². The topological polar surface area (TPSA) is 48.4 Å². The molecule has 1 aromatic heterocycles. The van der Waals surface area contributed by atoms with Crippen LogP contribution in [0.1, 0.15) is 21.6 Å². The van der Waals surface area contributed by atoms with Crippen LogP contribution in [0.5, 0.6) is 5.75 Å². The second-order valence-corrected chi connectivity index (χ2v) is 4.18. The lowest BCUT2D eigenvalue weighted by molar-refractivity contribution is 0.0595. The summed E-state index contributed by atoms with van der Waals surface area (Å²) in [5.74, 6) is -0.677. The molecule has 0 aliphatic heterocycles. The maximum Gasteiger partial charge on any atom is 0.340 e. The fourth-order valence-corrected chi connectivity index (χ4v) is 1.71. The molecule has 0 aliphatic carbocycles. The highest BCUT2D eigenvalue weighted by Gasteiger charge is 2.12. The van der Waals surface area contributed by atoms with Gasteiger partial charge >= 0.3 is 5.97 Å². The van der Waals surface area contributed by atoms with Gasteiger partial charge in [0.25, 0.3) is 0 Å². The van der Waals surface area contributed by atoms with Crippen LogP contribution in [0.2, 0.25) is 0 Å². The molecular formula is C15H14FNO3. The Morgan fingerprint density at radius 1 is 1.35 bits per heavy atom. The standard InChI is InChI=1S/C15H14FNO3/c1-10-14(4-3-7-17-10)20-9-11-5-6-12(13(16)8-11)15(18)19-2/h3-8H,9H2,1-2H3. The molecule has 0 amide bonds. The summed E-state index contributed by atoms with van der Waals surface area (Å²) in [5.41, 5.74) is 1.30. The van der Waals surface area contributed by atoms with E-state index in [1.807, 2.05) is 6.92 Å². The summed E-state index contributed by atoms with van der Waals surface area (Å²) in [5, 5.41) is 0. The van der Waals surface area contributed by atoms with Crippen LogP contribution in [0.15, 0.2) is 36.5 Å². The van der Waals surface area contributed by atoms with E-state index in [0.717, 1.165) is 5.69 Å². The number of aryl methyl sites for hydroxylation is 1. The first kappa shape index (κ1) is 14.0. The quantitative estimate of drug-likeness (QED) is 0.805. The number of halogens is 1. The average molecular weight is 275 g/mol. The third kappa shape index (κ3) is 3.12. The van der Waals surface area contributed by atoms with Crippen molar-refractivity contribution in [2.45, 2.75) is 13.5 Å². The van der Waals surface area contributed by atoms with E-state index in [0.29, 0.717) is 11.3 Å². The van der Waals surface area contributed by atoms with Crippen LogP contribution < -0.4 is 4.74 Å². The molecule has 0 aliphatic rings. The Labute approximate surface area is 116 Å². The zero-order chi connectivity index (χ0) is 14.5. The molecular weight excluding hydrogens is 261 g/mol.